The van der Waals surface area contributed by atoms with E-state index in [0.717, 1.165) is 25.0 Å². The van der Waals surface area contributed by atoms with Crippen molar-refractivity contribution in [3.05, 3.63) is 34.7 Å². The molecule has 5 heteroatoms. The number of thiophene rings is 1. The third-order valence-electron chi connectivity index (χ3n) is 3.11. The number of hydrogen-bond donors (Lipinski definition) is 1. The summed E-state index contributed by atoms with van der Waals surface area (Å²) in [5, 5.41) is 5.45. The minimum atomic E-state index is 0.0566. The van der Waals surface area contributed by atoms with Gasteiger partial charge in [0, 0.05) is 35.5 Å². The first-order chi connectivity index (χ1) is 9.13. The fourth-order valence-corrected chi connectivity index (χ4v) is 2.97. The van der Waals surface area contributed by atoms with Crippen LogP contribution in [0, 0.1) is 0 Å². The molecule has 3 nitrogen and oxygen atoms in total. The number of rotatable bonds is 6. The summed E-state index contributed by atoms with van der Waals surface area (Å²) in [6.45, 7) is 5.66. The molecule has 2 unspecified atom stereocenters. The molecule has 1 aromatic heterocycles. The number of Topliss-reactive ketones (excluding diaryl/α,β-unsaturated/α-hetero) is 1. The van der Waals surface area contributed by atoms with E-state index in [0.29, 0.717) is 6.42 Å². The Kier molecular flexibility index (Phi) is 5.22. The molecule has 0 aliphatic carbocycles. The Balaban J connectivity index is 1.70. The molecular weight excluding hydrogens is 257 g/mol. The van der Waals surface area contributed by atoms with Crippen molar-refractivity contribution in [2.45, 2.75) is 44.7 Å². The van der Waals surface area contributed by atoms with E-state index < -0.39 is 0 Å². The van der Waals surface area contributed by atoms with Crippen LogP contribution in [0.25, 0.3) is 0 Å². The van der Waals surface area contributed by atoms with E-state index in [1.165, 1.54) is 4.88 Å². The fraction of sp³-hybridized carbons (Fsp3) is 0.500. The van der Waals surface area contributed by atoms with Crippen molar-refractivity contribution in [2.24, 2.45) is 0 Å². The second-order valence-electron chi connectivity index (χ2n) is 4.99. The highest BCUT2D eigenvalue weighted by molar-refractivity contribution is 7.09. The molecule has 1 saturated heterocycles. The van der Waals surface area contributed by atoms with Gasteiger partial charge >= 0.3 is 7.48 Å². The predicted molar refractivity (Wildman–Crippen MR) is 79.2 cm³/mol. The summed E-state index contributed by atoms with van der Waals surface area (Å²) in [6.07, 6.45) is 3.33. The topological polar surface area (TPSA) is 38.3 Å². The van der Waals surface area contributed by atoms with Crippen LogP contribution in [0.2, 0.25) is 0 Å². The van der Waals surface area contributed by atoms with Crippen LogP contribution in [0.4, 0.5) is 0 Å². The van der Waals surface area contributed by atoms with Crippen LogP contribution in [0.3, 0.4) is 0 Å². The number of carbonyl (C=O) groups is 1. The molecular formula is C14H19BNO2S. The molecule has 0 spiro atoms. The van der Waals surface area contributed by atoms with E-state index in [4.69, 9.17) is 4.65 Å². The zero-order valence-electron chi connectivity index (χ0n) is 11.2. The van der Waals surface area contributed by atoms with Gasteiger partial charge in [-0.1, -0.05) is 12.6 Å². The van der Waals surface area contributed by atoms with Crippen molar-refractivity contribution >= 4 is 24.6 Å². The van der Waals surface area contributed by atoms with Crippen molar-refractivity contribution in [3.63, 3.8) is 0 Å². The molecule has 1 aliphatic rings. The Hall–Kier alpha value is -1.07. The van der Waals surface area contributed by atoms with Crippen LogP contribution < -0.4 is 5.32 Å². The Labute approximate surface area is 119 Å². The Morgan fingerprint density at radius 1 is 1.63 bits per heavy atom. The molecule has 101 valence electrons. The van der Waals surface area contributed by atoms with Gasteiger partial charge in [-0.05, 0) is 31.2 Å². The lowest BCUT2D eigenvalue weighted by molar-refractivity contribution is -0.118. The van der Waals surface area contributed by atoms with Crippen molar-refractivity contribution in [3.8, 4) is 0 Å². The van der Waals surface area contributed by atoms with Crippen molar-refractivity contribution in [2.75, 3.05) is 0 Å². The van der Waals surface area contributed by atoms with Crippen molar-refractivity contribution < 1.29 is 9.45 Å². The molecule has 2 heterocycles. The van der Waals surface area contributed by atoms with Gasteiger partial charge in [0.25, 0.3) is 0 Å². The molecule has 1 aliphatic heterocycles. The maximum absolute atomic E-state index is 11.0. The number of carbonyl (C=O) groups excluding carboxylic acids is 1. The smallest absolute Gasteiger partial charge is 0.316 e. The molecule has 0 aromatic carbocycles. The lowest BCUT2D eigenvalue weighted by Gasteiger charge is -2.29. The van der Waals surface area contributed by atoms with Gasteiger partial charge in [0.1, 0.15) is 5.78 Å². The highest BCUT2D eigenvalue weighted by Crippen LogP contribution is 2.17. The van der Waals surface area contributed by atoms with Gasteiger partial charge in [-0.2, -0.15) is 0 Å². The molecule has 1 aromatic rings. The predicted octanol–water partition coefficient (Wildman–Crippen LogP) is 2.50. The number of hydrogen-bond acceptors (Lipinski definition) is 4. The number of allylic oxidation sites excluding steroid dienone is 1. The number of nitrogens with one attached hydrogen (secondary N) is 1. The van der Waals surface area contributed by atoms with Gasteiger partial charge in [-0.3, -0.25) is 4.79 Å². The van der Waals surface area contributed by atoms with Crippen LogP contribution in [0.1, 0.15) is 31.1 Å². The summed E-state index contributed by atoms with van der Waals surface area (Å²) < 4.78 is 5.59. The molecule has 0 saturated carbocycles. The average Bonchev–Trinajstić information content (AvgIpc) is 2.83. The standard InChI is InChI=1S/C14H19BNO2S/c1-10(8-13-4-3-7-19-13)16-14-6-5-12(18-15-14)9-11(2)17/h3-4,7,12,14,16H,1,5-6,8-9H2,2H3. The van der Waals surface area contributed by atoms with Crippen molar-refractivity contribution in [1.82, 2.24) is 5.32 Å². The van der Waals surface area contributed by atoms with E-state index in [9.17, 15) is 4.79 Å². The molecule has 1 N–H and O–H groups in total. The van der Waals surface area contributed by atoms with Gasteiger partial charge in [0.05, 0.1) is 0 Å². The van der Waals surface area contributed by atoms with Crippen molar-refractivity contribution in [1.29, 1.82) is 0 Å². The van der Waals surface area contributed by atoms with Crippen LogP contribution in [0.15, 0.2) is 29.8 Å². The minimum Gasteiger partial charge on any atom is -0.435 e. The lowest BCUT2D eigenvalue weighted by atomic mass is 9.79. The zero-order chi connectivity index (χ0) is 13.7. The van der Waals surface area contributed by atoms with Gasteiger partial charge in [-0.25, -0.2) is 0 Å². The largest absolute Gasteiger partial charge is 0.435 e. The summed E-state index contributed by atoms with van der Waals surface area (Å²) in [6, 6.07) is 4.16. The summed E-state index contributed by atoms with van der Waals surface area (Å²) >= 11 is 1.74. The second-order valence-corrected chi connectivity index (χ2v) is 6.02. The third kappa shape index (κ3) is 4.84. The first kappa shape index (κ1) is 14.3. The van der Waals surface area contributed by atoms with Crippen LogP contribution in [-0.4, -0.2) is 25.3 Å². The van der Waals surface area contributed by atoms with E-state index in [1.54, 1.807) is 18.3 Å². The van der Waals surface area contributed by atoms with E-state index >= 15 is 0 Å². The Bertz CT molecular complexity index is 425. The molecule has 19 heavy (non-hydrogen) atoms. The molecule has 1 radical (unpaired) electrons. The van der Waals surface area contributed by atoms with E-state index in [2.05, 4.69) is 29.4 Å². The molecule has 2 rings (SSSR count). The average molecular weight is 276 g/mol. The van der Waals surface area contributed by atoms with Crippen LogP contribution >= 0.6 is 11.3 Å². The highest BCUT2D eigenvalue weighted by atomic mass is 32.1. The van der Waals surface area contributed by atoms with Gasteiger partial charge < -0.3 is 9.97 Å². The summed E-state index contributed by atoms with van der Waals surface area (Å²) in [5.41, 5.74) is 1.01. The molecule has 1 fully saturated rings. The lowest BCUT2D eigenvalue weighted by Crippen LogP contribution is -2.42. The summed E-state index contributed by atoms with van der Waals surface area (Å²) in [4.78, 5) is 12.3. The normalized spacial score (nSPS) is 22.6. The summed E-state index contributed by atoms with van der Waals surface area (Å²) in [7, 11) is 1.82. The van der Waals surface area contributed by atoms with Gasteiger partial charge in [-0.15, -0.1) is 11.3 Å². The first-order valence-electron chi connectivity index (χ1n) is 6.58. The molecule has 0 amide bonds. The van der Waals surface area contributed by atoms with Crippen LogP contribution in [0.5, 0.6) is 0 Å². The summed E-state index contributed by atoms with van der Waals surface area (Å²) in [5.74, 6) is 0.391. The maximum atomic E-state index is 11.0. The third-order valence-corrected chi connectivity index (χ3v) is 3.98. The fourth-order valence-electron chi connectivity index (χ4n) is 2.22. The highest BCUT2D eigenvalue weighted by Gasteiger charge is 2.24. The Morgan fingerprint density at radius 3 is 3.05 bits per heavy atom. The van der Waals surface area contributed by atoms with Gasteiger partial charge in [0.2, 0.25) is 0 Å². The second kappa shape index (κ2) is 6.92. The van der Waals surface area contributed by atoms with E-state index in [1.807, 2.05) is 7.48 Å². The SMILES string of the molecule is C=C(Cc1cccs1)NC1[B]OC(CC(C)=O)CC1. The number of ketones is 1. The maximum Gasteiger partial charge on any atom is 0.316 e. The van der Waals surface area contributed by atoms with E-state index in [-0.39, 0.29) is 17.8 Å². The van der Waals surface area contributed by atoms with Crippen LogP contribution in [-0.2, 0) is 15.9 Å². The molecule has 0 bridgehead atoms. The quantitative estimate of drug-likeness (QED) is 0.811. The molecule has 2 atom stereocenters. The monoisotopic (exact) mass is 276 g/mol. The zero-order valence-corrected chi connectivity index (χ0v) is 12.0. The minimum absolute atomic E-state index is 0.0566. The van der Waals surface area contributed by atoms with Gasteiger partial charge in [0.15, 0.2) is 0 Å². The Morgan fingerprint density at radius 2 is 2.47 bits per heavy atom. The first-order valence-corrected chi connectivity index (χ1v) is 7.46.